The number of phenolic OH excluding ortho intramolecular Hbond substituents is 1. The van der Waals surface area contributed by atoms with E-state index in [1.54, 1.807) is 12.1 Å². The third kappa shape index (κ3) is 5.47. The van der Waals surface area contributed by atoms with Crippen molar-refractivity contribution in [1.29, 1.82) is 0 Å². The number of hydrogen-bond donors (Lipinski definition) is 3. The number of hydrogen-bond acceptors (Lipinski definition) is 4. The summed E-state index contributed by atoms with van der Waals surface area (Å²) in [6.45, 7) is 2.93. The molecule has 0 aromatic heterocycles. The van der Waals surface area contributed by atoms with Gasteiger partial charge in [0.15, 0.2) is 0 Å². The van der Waals surface area contributed by atoms with Crippen molar-refractivity contribution in [3.63, 3.8) is 0 Å². The Balaban J connectivity index is 1.43. The van der Waals surface area contributed by atoms with Gasteiger partial charge in [0.05, 0.1) is 12.2 Å². The molecule has 1 aliphatic rings. The number of carbonyl (C=O) groups excluding carboxylic acids is 1. The van der Waals surface area contributed by atoms with Crippen LogP contribution in [0.1, 0.15) is 41.6 Å². The second-order valence-corrected chi connectivity index (χ2v) is 7.52. The SMILES string of the molecule is Cc1cccc(OCC2CCC(O)(CNC(=O)c3ccc(O)cc3)CC2)c1. The van der Waals surface area contributed by atoms with Crippen LogP contribution in [0, 0.1) is 12.8 Å². The highest BCUT2D eigenvalue weighted by molar-refractivity contribution is 5.94. The summed E-state index contributed by atoms with van der Waals surface area (Å²) in [5.41, 5.74) is 0.776. The van der Waals surface area contributed by atoms with Crippen LogP contribution in [0.3, 0.4) is 0 Å². The molecular weight excluding hydrogens is 342 g/mol. The van der Waals surface area contributed by atoms with Crippen molar-refractivity contribution >= 4 is 5.91 Å². The van der Waals surface area contributed by atoms with Crippen LogP contribution in [0.5, 0.6) is 11.5 Å². The Hall–Kier alpha value is -2.53. The molecule has 2 aromatic carbocycles. The van der Waals surface area contributed by atoms with Crippen LogP contribution in [0.25, 0.3) is 0 Å². The minimum Gasteiger partial charge on any atom is -0.508 e. The summed E-state index contributed by atoms with van der Waals surface area (Å²) in [5.74, 6) is 1.18. The van der Waals surface area contributed by atoms with Gasteiger partial charge in [0.25, 0.3) is 5.91 Å². The third-order valence-corrected chi connectivity index (χ3v) is 5.22. The van der Waals surface area contributed by atoms with Gasteiger partial charge >= 0.3 is 0 Å². The Kier molecular flexibility index (Phi) is 6.01. The molecule has 0 unspecified atom stereocenters. The number of aliphatic hydroxyl groups is 1. The van der Waals surface area contributed by atoms with Crippen LogP contribution < -0.4 is 10.1 Å². The molecule has 144 valence electrons. The van der Waals surface area contributed by atoms with Crippen LogP contribution in [0.4, 0.5) is 0 Å². The number of carbonyl (C=O) groups is 1. The summed E-state index contributed by atoms with van der Waals surface area (Å²) < 4.78 is 5.89. The maximum absolute atomic E-state index is 12.2. The summed E-state index contributed by atoms with van der Waals surface area (Å²) >= 11 is 0. The molecule has 1 fully saturated rings. The Morgan fingerprint density at radius 3 is 2.56 bits per heavy atom. The zero-order valence-electron chi connectivity index (χ0n) is 15.6. The lowest BCUT2D eigenvalue weighted by molar-refractivity contribution is -0.0129. The molecule has 5 heteroatoms. The van der Waals surface area contributed by atoms with E-state index in [2.05, 4.69) is 5.32 Å². The van der Waals surface area contributed by atoms with Crippen molar-refractivity contribution in [1.82, 2.24) is 5.32 Å². The molecule has 3 N–H and O–H groups in total. The second kappa shape index (κ2) is 8.44. The van der Waals surface area contributed by atoms with Crippen molar-refractivity contribution in [3.05, 3.63) is 59.7 Å². The molecule has 1 saturated carbocycles. The van der Waals surface area contributed by atoms with Crippen molar-refractivity contribution < 1.29 is 19.7 Å². The molecule has 2 aromatic rings. The maximum atomic E-state index is 12.2. The zero-order chi connectivity index (χ0) is 19.3. The van der Waals surface area contributed by atoms with Gasteiger partial charge in [-0.25, -0.2) is 0 Å². The predicted octanol–water partition coefficient (Wildman–Crippen LogP) is 3.43. The Morgan fingerprint density at radius 1 is 1.19 bits per heavy atom. The van der Waals surface area contributed by atoms with Gasteiger partial charge in [-0.3, -0.25) is 4.79 Å². The number of aromatic hydroxyl groups is 1. The van der Waals surface area contributed by atoms with Crippen LogP contribution >= 0.6 is 0 Å². The van der Waals surface area contributed by atoms with Gasteiger partial charge in [-0.2, -0.15) is 0 Å². The number of aryl methyl sites for hydroxylation is 1. The van der Waals surface area contributed by atoms with Gasteiger partial charge in [-0.1, -0.05) is 12.1 Å². The van der Waals surface area contributed by atoms with E-state index in [9.17, 15) is 15.0 Å². The van der Waals surface area contributed by atoms with Crippen LogP contribution in [-0.4, -0.2) is 34.9 Å². The number of ether oxygens (including phenoxy) is 1. The molecule has 0 saturated heterocycles. The lowest BCUT2D eigenvalue weighted by Gasteiger charge is -2.36. The number of rotatable bonds is 6. The Morgan fingerprint density at radius 2 is 1.89 bits per heavy atom. The summed E-state index contributed by atoms with van der Waals surface area (Å²) in [6.07, 6.45) is 3.03. The maximum Gasteiger partial charge on any atom is 0.251 e. The summed E-state index contributed by atoms with van der Waals surface area (Å²) in [5, 5.41) is 22.8. The highest BCUT2D eigenvalue weighted by Crippen LogP contribution is 2.32. The summed E-state index contributed by atoms with van der Waals surface area (Å²) in [6, 6.07) is 14.1. The molecule has 1 amide bonds. The fourth-order valence-electron chi connectivity index (χ4n) is 3.44. The number of phenols is 1. The number of benzene rings is 2. The van der Waals surface area contributed by atoms with E-state index < -0.39 is 5.60 Å². The smallest absolute Gasteiger partial charge is 0.251 e. The third-order valence-electron chi connectivity index (χ3n) is 5.22. The van der Waals surface area contributed by atoms with E-state index in [0.29, 0.717) is 30.9 Å². The van der Waals surface area contributed by atoms with E-state index in [4.69, 9.17) is 4.74 Å². The van der Waals surface area contributed by atoms with Gasteiger partial charge in [0, 0.05) is 12.1 Å². The van der Waals surface area contributed by atoms with Crippen molar-refractivity contribution in [3.8, 4) is 11.5 Å². The predicted molar refractivity (Wildman–Crippen MR) is 104 cm³/mol. The summed E-state index contributed by atoms with van der Waals surface area (Å²) in [7, 11) is 0. The van der Waals surface area contributed by atoms with Gasteiger partial charge in [-0.15, -0.1) is 0 Å². The van der Waals surface area contributed by atoms with E-state index in [1.807, 2.05) is 31.2 Å². The molecule has 27 heavy (non-hydrogen) atoms. The fraction of sp³-hybridized carbons (Fsp3) is 0.409. The average molecular weight is 369 g/mol. The molecule has 0 aliphatic heterocycles. The summed E-state index contributed by atoms with van der Waals surface area (Å²) in [4.78, 5) is 12.2. The minimum absolute atomic E-state index is 0.122. The Labute approximate surface area is 160 Å². The molecular formula is C22H27NO4. The first kappa shape index (κ1) is 19.2. The fourth-order valence-corrected chi connectivity index (χ4v) is 3.44. The van der Waals surface area contributed by atoms with Crippen LogP contribution in [0.15, 0.2) is 48.5 Å². The van der Waals surface area contributed by atoms with E-state index in [1.165, 1.54) is 17.7 Å². The molecule has 3 rings (SSSR count). The molecule has 0 atom stereocenters. The van der Waals surface area contributed by atoms with Crippen LogP contribution in [0.2, 0.25) is 0 Å². The highest BCUT2D eigenvalue weighted by Gasteiger charge is 2.33. The van der Waals surface area contributed by atoms with Gasteiger partial charge in [0.1, 0.15) is 11.5 Å². The molecule has 1 aliphatic carbocycles. The van der Waals surface area contributed by atoms with Crippen LogP contribution in [-0.2, 0) is 0 Å². The zero-order valence-corrected chi connectivity index (χ0v) is 15.6. The quantitative estimate of drug-likeness (QED) is 0.729. The first-order valence-corrected chi connectivity index (χ1v) is 9.43. The Bertz CT molecular complexity index is 764. The van der Waals surface area contributed by atoms with Crippen molar-refractivity contribution in [2.24, 2.45) is 5.92 Å². The first-order valence-electron chi connectivity index (χ1n) is 9.43. The minimum atomic E-state index is -0.869. The van der Waals surface area contributed by atoms with Crippen molar-refractivity contribution in [2.45, 2.75) is 38.2 Å². The van der Waals surface area contributed by atoms with E-state index in [0.717, 1.165) is 18.6 Å². The molecule has 5 nitrogen and oxygen atoms in total. The first-order chi connectivity index (χ1) is 12.9. The number of amides is 1. The van der Waals surface area contributed by atoms with Crippen molar-refractivity contribution in [2.75, 3.05) is 13.2 Å². The van der Waals surface area contributed by atoms with Gasteiger partial charge in [0.2, 0.25) is 0 Å². The largest absolute Gasteiger partial charge is 0.508 e. The topological polar surface area (TPSA) is 78.8 Å². The molecule has 0 heterocycles. The standard InChI is InChI=1S/C22H27NO4/c1-16-3-2-4-20(13-16)27-14-17-9-11-22(26,12-10-17)15-23-21(25)18-5-7-19(24)8-6-18/h2-8,13,17,24,26H,9-12,14-15H2,1H3,(H,23,25). The molecule has 0 spiro atoms. The van der Waals surface area contributed by atoms with E-state index in [-0.39, 0.29) is 18.2 Å². The monoisotopic (exact) mass is 369 g/mol. The normalized spacial score (nSPS) is 22.2. The highest BCUT2D eigenvalue weighted by atomic mass is 16.5. The number of nitrogens with one attached hydrogen (secondary N) is 1. The lowest BCUT2D eigenvalue weighted by atomic mass is 9.79. The second-order valence-electron chi connectivity index (χ2n) is 7.52. The molecule has 0 radical (unpaired) electrons. The average Bonchev–Trinajstić information content (AvgIpc) is 2.66. The molecule has 0 bridgehead atoms. The van der Waals surface area contributed by atoms with Gasteiger partial charge in [-0.05, 0) is 80.5 Å². The van der Waals surface area contributed by atoms with Gasteiger partial charge < -0.3 is 20.3 Å². The lowest BCUT2D eigenvalue weighted by Crippen LogP contribution is -2.45. The van der Waals surface area contributed by atoms with E-state index >= 15 is 0 Å².